The summed E-state index contributed by atoms with van der Waals surface area (Å²) in [6.07, 6.45) is 5.98. The maximum absolute atomic E-state index is 4.56. The van der Waals surface area contributed by atoms with Crippen molar-refractivity contribution in [3.63, 3.8) is 0 Å². The van der Waals surface area contributed by atoms with Crippen molar-refractivity contribution in [3.05, 3.63) is 41.0 Å². The van der Waals surface area contributed by atoms with E-state index in [0.29, 0.717) is 5.92 Å². The van der Waals surface area contributed by atoms with Crippen LogP contribution in [0.3, 0.4) is 0 Å². The molecule has 0 atom stereocenters. The summed E-state index contributed by atoms with van der Waals surface area (Å²) in [5.41, 5.74) is 6.17. The third-order valence-corrected chi connectivity index (χ3v) is 5.27. The van der Waals surface area contributed by atoms with Gasteiger partial charge in [-0.25, -0.2) is 15.4 Å². The van der Waals surface area contributed by atoms with Gasteiger partial charge in [-0.1, -0.05) is 44.5 Å². The molecule has 4 heteroatoms. The predicted octanol–water partition coefficient (Wildman–Crippen LogP) is 4.42. The first kappa shape index (κ1) is 15.7. The Hall–Kier alpha value is -1.23. The predicted molar refractivity (Wildman–Crippen MR) is 93.9 cm³/mol. The van der Waals surface area contributed by atoms with Crippen molar-refractivity contribution in [1.29, 1.82) is 0 Å². The number of nitrogens with zero attached hydrogens (tertiary/aromatic N) is 2. The van der Waals surface area contributed by atoms with E-state index in [1.165, 1.54) is 35.3 Å². The molecule has 0 unspecified atom stereocenters. The summed E-state index contributed by atoms with van der Waals surface area (Å²) in [5, 5.41) is 3.50. The molecule has 2 heterocycles. The standard InChI is InChI=1S/C18H25N3S/c1-14(2)15-6-8-16(9-7-15)17-12-19-18(22-17)13-20-21-10-4-3-5-11-21/h6-9,12,14,20H,3-5,10-11,13H2,1-2H3. The number of nitrogens with one attached hydrogen (secondary N) is 1. The van der Waals surface area contributed by atoms with E-state index in [-0.39, 0.29) is 0 Å². The lowest BCUT2D eigenvalue weighted by Crippen LogP contribution is -2.41. The van der Waals surface area contributed by atoms with Gasteiger partial charge in [0, 0.05) is 19.3 Å². The highest BCUT2D eigenvalue weighted by atomic mass is 32.1. The highest BCUT2D eigenvalue weighted by Crippen LogP contribution is 2.27. The molecule has 3 rings (SSSR count). The van der Waals surface area contributed by atoms with Gasteiger partial charge >= 0.3 is 0 Å². The molecule has 2 aromatic rings. The minimum Gasteiger partial charge on any atom is -0.248 e. The maximum Gasteiger partial charge on any atom is 0.108 e. The monoisotopic (exact) mass is 315 g/mol. The molecule has 22 heavy (non-hydrogen) atoms. The van der Waals surface area contributed by atoms with Crippen LogP contribution in [-0.4, -0.2) is 23.1 Å². The summed E-state index contributed by atoms with van der Waals surface area (Å²) < 4.78 is 0. The van der Waals surface area contributed by atoms with Crippen molar-refractivity contribution >= 4 is 11.3 Å². The van der Waals surface area contributed by atoms with Crippen LogP contribution < -0.4 is 5.43 Å². The van der Waals surface area contributed by atoms with E-state index in [0.717, 1.165) is 24.6 Å². The fourth-order valence-corrected chi connectivity index (χ4v) is 3.64. The Labute approximate surface area is 137 Å². The third-order valence-electron chi connectivity index (χ3n) is 4.23. The Bertz CT molecular complexity index is 583. The lowest BCUT2D eigenvalue weighted by atomic mass is 10.0. The average molecular weight is 315 g/mol. The molecule has 1 N–H and O–H groups in total. The van der Waals surface area contributed by atoms with E-state index in [9.17, 15) is 0 Å². The zero-order valence-electron chi connectivity index (χ0n) is 13.5. The minimum absolute atomic E-state index is 0.583. The van der Waals surface area contributed by atoms with Crippen molar-refractivity contribution in [2.45, 2.75) is 45.6 Å². The topological polar surface area (TPSA) is 28.2 Å². The summed E-state index contributed by atoms with van der Waals surface area (Å²) >= 11 is 1.79. The molecule has 1 aromatic carbocycles. The Morgan fingerprint density at radius 3 is 2.55 bits per heavy atom. The van der Waals surface area contributed by atoms with Crippen molar-refractivity contribution in [2.75, 3.05) is 13.1 Å². The zero-order valence-corrected chi connectivity index (χ0v) is 14.3. The molecule has 0 saturated carbocycles. The number of thiazole rings is 1. The van der Waals surface area contributed by atoms with E-state index in [2.05, 4.69) is 53.5 Å². The molecule has 0 amide bonds. The van der Waals surface area contributed by atoms with Crippen LogP contribution in [0.4, 0.5) is 0 Å². The molecule has 1 aromatic heterocycles. The van der Waals surface area contributed by atoms with Gasteiger partial charge in [-0.3, -0.25) is 0 Å². The van der Waals surface area contributed by atoms with Crippen LogP contribution in [-0.2, 0) is 6.54 Å². The van der Waals surface area contributed by atoms with Crippen LogP contribution in [0.5, 0.6) is 0 Å². The molecule has 3 nitrogen and oxygen atoms in total. The van der Waals surface area contributed by atoms with Crippen molar-refractivity contribution in [2.24, 2.45) is 0 Å². The molecular formula is C18H25N3S. The average Bonchev–Trinajstić information content (AvgIpc) is 3.03. The number of rotatable bonds is 5. The summed E-state index contributed by atoms with van der Waals surface area (Å²) in [4.78, 5) is 5.82. The summed E-state index contributed by atoms with van der Waals surface area (Å²) in [7, 11) is 0. The SMILES string of the molecule is CC(C)c1ccc(-c2cnc(CNN3CCCCC3)s2)cc1. The zero-order chi connectivity index (χ0) is 15.4. The number of aromatic nitrogens is 1. The second-order valence-electron chi connectivity index (χ2n) is 6.28. The third kappa shape index (κ3) is 3.94. The van der Waals surface area contributed by atoms with Crippen LogP contribution in [0.25, 0.3) is 10.4 Å². The van der Waals surface area contributed by atoms with Gasteiger partial charge in [0.1, 0.15) is 5.01 Å². The molecule has 1 saturated heterocycles. The first-order valence-electron chi connectivity index (χ1n) is 8.26. The Morgan fingerprint density at radius 1 is 1.14 bits per heavy atom. The van der Waals surface area contributed by atoms with Gasteiger partial charge in [0.25, 0.3) is 0 Å². The normalized spacial score (nSPS) is 16.3. The molecular weight excluding hydrogens is 290 g/mol. The fraction of sp³-hybridized carbons (Fsp3) is 0.500. The molecule has 1 fully saturated rings. The first-order chi connectivity index (χ1) is 10.7. The highest BCUT2D eigenvalue weighted by Gasteiger charge is 2.11. The van der Waals surface area contributed by atoms with E-state index < -0.39 is 0 Å². The van der Waals surface area contributed by atoms with Crippen LogP contribution in [0.1, 0.15) is 49.6 Å². The van der Waals surface area contributed by atoms with Gasteiger partial charge in [-0.15, -0.1) is 11.3 Å². The summed E-state index contributed by atoms with van der Waals surface area (Å²) in [6, 6.07) is 8.88. The molecule has 0 radical (unpaired) electrons. The van der Waals surface area contributed by atoms with Crippen molar-refractivity contribution in [3.8, 4) is 10.4 Å². The van der Waals surface area contributed by atoms with Crippen molar-refractivity contribution < 1.29 is 0 Å². The quantitative estimate of drug-likeness (QED) is 0.885. The van der Waals surface area contributed by atoms with Crippen LogP contribution in [0.15, 0.2) is 30.5 Å². The molecule has 118 valence electrons. The van der Waals surface area contributed by atoms with E-state index in [1.807, 2.05) is 6.20 Å². The van der Waals surface area contributed by atoms with E-state index >= 15 is 0 Å². The van der Waals surface area contributed by atoms with Gasteiger partial charge in [0.15, 0.2) is 0 Å². The molecule has 0 spiro atoms. The van der Waals surface area contributed by atoms with Crippen LogP contribution in [0, 0.1) is 0 Å². The second kappa shape index (κ2) is 7.36. The largest absolute Gasteiger partial charge is 0.248 e. The number of hydrogen-bond donors (Lipinski definition) is 1. The Kier molecular flexibility index (Phi) is 5.24. The molecule has 1 aliphatic rings. The van der Waals surface area contributed by atoms with E-state index in [1.54, 1.807) is 11.3 Å². The molecule has 0 bridgehead atoms. The van der Waals surface area contributed by atoms with Gasteiger partial charge in [-0.05, 0) is 29.9 Å². The summed E-state index contributed by atoms with van der Waals surface area (Å²) in [6.45, 7) is 7.62. The second-order valence-corrected chi connectivity index (χ2v) is 7.39. The fourth-order valence-electron chi connectivity index (χ4n) is 2.79. The minimum atomic E-state index is 0.583. The van der Waals surface area contributed by atoms with Crippen LogP contribution in [0.2, 0.25) is 0 Å². The first-order valence-corrected chi connectivity index (χ1v) is 9.07. The van der Waals surface area contributed by atoms with Gasteiger partial charge in [-0.2, -0.15) is 0 Å². The lowest BCUT2D eigenvalue weighted by molar-refractivity contribution is 0.151. The number of benzene rings is 1. The number of hydrogen-bond acceptors (Lipinski definition) is 4. The molecule has 0 aliphatic carbocycles. The highest BCUT2D eigenvalue weighted by molar-refractivity contribution is 7.15. The Morgan fingerprint density at radius 2 is 1.86 bits per heavy atom. The lowest BCUT2D eigenvalue weighted by Gasteiger charge is -2.26. The maximum atomic E-state index is 4.56. The Balaban J connectivity index is 1.60. The van der Waals surface area contributed by atoms with Crippen LogP contribution >= 0.6 is 11.3 Å². The summed E-state index contributed by atoms with van der Waals surface area (Å²) in [5.74, 6) is 0.583. The van der Waals surface area contributed by atoms with Gasteiger partial charge < -0.3 is 0 Å². The van der Waals surface area contributed by atoms with E-state index in [4.69, 9.17) is 0 Å². The smallest absolute Gasteiger partial charge is 0.108 e. The van der Waals surface area contributed by atoms with Gasteiger partial charge in [0.05, 0.1) is 11.4 Å². The van der Waals surface area contributed by atoms with Gasteiger partial charge in [0.2, 0.25) is 0 Å². The van der Waals surface area contributed by atoms with Crippen molar-refractivity contribution in [1.82, 2.24) is 15.4 Å². The number of piperidine rings is 1. The number of hydrazine groups is 1. The molecule has 1 aliphatic heterocycles.